The minimum Gasteiger partial charge on any atom is -0.416 e. The summed E-state index contributed by atoms with van der Waals surface area (Å²) in [6.45, 7) is 3.18. The average molecular weight is 691 g/mol. The van der Waals surface area contributed by atoms with Crippen LogP contribution in [0.25, 0.3) is 22.9 Å². The summed E-state index contributed by atoms with van der Waals surface area (Å²) in [4.78, 5) is 51.1. The van der Waals surface area contributed by atoms with Gasteiger partial charge in [0.2, 0.25) is 23.6 Å². The van der Waals surface area contributed by atoms with Gasteiger partial charge in [-0.3, -0.25) is 19.2 Å². The van der Waals surface area contributed by atoms with Crippen molar-refractivity contribution < 1.29 is 33.1 Å². The van der Waals surface area contributed by atoms with Crippen molar-refractivity contribution in [3.05, 3.63) is 120 Å². The standard InChI is InChI=1S/C38H38N6O7/c1-23(39-35(47)31(49-3)25-11-7-5-8-12-25)33(45)41-29-19-15-27(16-20-29)37-43-44-38(51-37)28-17-21-30(22-18-28)42-34(46)24(2)40-36(48)32(50-4)26-13-9-6-10-14-26/h5-24,31-32H,1-4H3,(H,39,47)(H,40,48)(H,41,45)(H,42,46). The number of hydrogen-bond acceptors (Lipinski definition) is 9. The van der Waals surface area contributed by atoms with E-state index >= 15 is 0 Å². The molecule has 1 aromatic heterocycles. The van der Waals surface area contributed by atoms with Crippen LogP contribution in [0.15, 0.2) is 114 Å². The molecular formula is C38H38N6O7. The largest absolute Gasteiger partial charge is 0.416 e. The second-order valence-corrected chi connectivity index (χ2v) is 11.6. The van der Waals surface area contributed by atoms with Crippen LogP contribution in [0.1, 0.15) is 37.2 Å². The van der Waals surface area contributed by atoms with Crippen molar-refractivity contribution in [2.75, 3.05) is 24.9 Å². The van der Waals surface area contributed by atoms with Gasteiger partial charge in [-0.15, -0.1) is 10.2 Å². The van der Waals surface area contributed by atoms with Crippen LogP contribution in [0.4, 0.5) is 11.4 Å². The molecule has 1 heterocycles. The second-order valence-electron chi connectivity index (χ2n) is 11.6. The zero-order valence-corrected chi connectivity index (χ0v) is 28.5. The highest BCUT2D eigenvalue weighted by Gasteiger charge is 2.25. The zero-order chi connectivity index (χ0) is 36.3. The van der Waals surface area contributed by atoms with Gasteiger partial charge in [0.05, 0.1) is 0 Å². The van der Waals surface area contributed by atoms with Crippen molar-refractivity contribution in [1.82, 2.24) is 20.8 Å². The molecule has 0 spiro atoms. The SMILES string of the molecule is COC(C(=O)NC(C)C(=O)Nc1ccc(-c2nnc(-c3ccc(NC(=O)C(C)NC(=O)C(OC)c4ccccc4)cc3)o2)cc1)c1ccccc1. The summed E-state index contributed by atoms with van der Waals surface area (Å²) in [7, 11) is 2.87. The molecule has 4 amide bonds. The fourth-order valence-corrected chi connectivity index (χ4v) is 5.10. The van der Waals surface area contributed by atoms with Gasteiger partial charge in [0.15, 0.2) is 12.2 Å². The number of hydrogen-bond donors (Lipinski definition) is 4. The number of rotatable bonds is 14. The monoisotopic (exact) mass is 690 g/mol. The van der Waals surface area contributed by atoms with Crippen LogP contribution in [0.2, 0.25) is 0 Å². The first-order valence-corrected chi connectivity index (χ1v) is 16.1. The molecule has 51 heavy (non-hydrogen) atoms. The van der Waals surface area contributed by atoms with Crippen LogP contribution in [0, 0.1) is 0 Å². The summed E-state index contributed by atoms with van der Waals surface area (Å²) in [5, 5.41) is 19.2. The van der Waals surface area contributed by atoms with Crippen LogP contribution < -0.4 is 21.3 Å². The molecule has 0 aliphatic rings. The minimum absolute atomic E-state index is 0.266. The molecule has 0 saturated carbocycles. The van der Waals surface area contributed by atoms with Gasteiger partial charge < -0.3 is 35.2 Å². The van der Waals surface area contributed by atoms with Crippen LogP contribution in [-0.4, -0.2) is 60.1 Å². The molecular weight excluding hydrogens is 652 g/mol. The van der Waals surface area contributed by atoms with Crippen molar-refractivity contribution in [3.63, 3.8) is 0 Å². The molecule has 4 aromatic carbocycles. The number of ether oxygens (including phenoxy) is 2. The van der Waals surface area contributed by atoms with Crippen molar-refractivity contribution in [1.29, 1.82) is 0 Å². The van der Waals surface area contributed by atoms with Gasteiger partial charge in [-0.05, 0) is 73.5 Å². The second kappa shape index (κ2) is 17.0. The molecule has 0 saturated heterocycles. The number of nitrogens with one attached hydrogen (secondary N) is 4. The van der Waals surface area contributed by atoms with E-state index in [0.717, 1.165) is 0 Å². The highest BCUT2D eigenvalue weighted by Crippen LogP contribution is 2.26. The van der Waals surface area contributed by atoms with Crippen molar-refractivity contribution >= 4 is 35.0 Å². The number of aromatic nitrogens is 2. The van der Waals surface area contributed by atoms with Crippen molar-refractivity contribution in [3.8, 4) is 22.9 Å². The van der Waals surface area contributed by atoms with Gasteiger partial charge in [-0.25, -0.2) is 0 Å². The highest BCUT2D eigenvalue weighted by atomic mass is 16.5. The molecule has 13 nitrogen and oxygen atoms in total. The van der Waals surface area contributed by atoms with E-state index in [2.05, 4.69) is 31.5 Å². The summed E-state index contributed by atoms with van der Waals surface area (Å²) in [6, 6.07) is 30.0. The van der Waals surface area contributed by atoms with Gasteiger partial charge in [0.25, 0.3) is 11.8 Å². The van der Waals surface area contributed by atoms with Crippen LogP contribution in [-0.2, 0) is 28.7 Å². The molecule has 5 rings (SSSR count). The fraction of sp³-hybridized carbons (Fsp3) is 0.211. The maximum atomic E-state index is 12.8. The normalized spacial score (nSPS) is 13.3. The maximum Gasteiger partial charge on any atom is 0.254 e. The Hall–Kier alpha value is -6.18. The van der Waals surface area contributed by atoms with Crippen LogP contribution in [0.5, 0.6) is 0 Å². The van der Waals surface area contributed by atoms with Gasteiger partial charge in [0, 0.05) is 36.7 Å². The predicted molar refractivity (Wildman–Crippen MR) is 190 cm³/mol. The van der Waals surface area contributed by atoms with Crippen molar-refractivity contribution in [2.45, 2.75) is 38.1 Å². The molecule has 0 aliphatic heterocycles. The van der Waals surface area contributed by atoms with E-state index in [-0.39, 0.29) is 11.8 Å². The Morgan fingerprint density at radius 1 is 0.529 bits per heavy atom. The Labute approximate surface area is 294 Å². The molecule has 0 aliphatic carbocycles. The molecule has 4 atom stereocenters. The lowest BCUT2D eigenvalue weighted by molar-refractivity contribution is -0.134. The predicted octanol–water partition coefficient (Wildman–Crippen LogP) is 5.07. The van der Waals surface area contributed by atoms with E-state index in [1.165, 1.54) is 14.2 Å². The van der Waals surface area contributed by atoms with Crippen LogP contribution in [0.3, 0.4) is 0 Å². The highest BCUT2D eigenvalue weighted by molar-refractivity contribution is 5.98. The Kier molecular flexibility index (Phi) is 12.0. The summed E-state index contributed by atoms with van der Waals surface area (Å²) in [6.07, 6.45) is -1.69. The lowest BCUT2D eigenvalue weighted by atomic mass is 10.1. The zero-order valence-electron chi connectivity index (χ0n) is 28.5. The number of carbonyl (C=O) groups excluding carboxylic acids is 4. The molecule has 0 bridgehead atoms. The smallest absolute Gasteiger partial charge is 0.254 e. The number of amides is 4. The van der Waals surface area contributed by atoms with E-state index in [1.54, 1.807) is 86.6 Å². The summed E-state index contributed by atoms with van der Waals surface area (Å²) in [5.41, 5.74) is 3.64. The van der Waals surface area contributed by atoms with Crippen molar-refractivity contribution in [2.24, 2.45) is 0 Å². The average Bonchev–Trinajstić information content (AvgIpc) is 3.64. The van der Waals surface area contributed by atoms with E-state index in [4.69, 9.17) is 13.9 Å². The molecule has 13 heteroatoms. The Bertz CT molecular complexity index is 1790. The molecule has 0 fully saturated rings. The number of carbonyl (C=O) groups is 4. The van der Waals surface area contributed by atoms with Crippen LogP contribution >= 0.6 is 0 Å². The van der Waals surface area contributed by atoms with Gasteiger partial charge in [0.1, 0.15) is 12.1 Å². The quantitative estimate of drug-likeness (QED) is 0.124. The molecule has 262 valence electrons. The number of anilines is 2. The number of nitrogens with zero attached hydrogens (tertiary/aromatic N) is 2. The first-order chi connectivity index (χ1) is 24.7. The molecule has 4 N–H and O–H groups in total. The Morgan fingerprint density at radius 3 is 1.22 bits per heavy atom. The van der Waals surface area contributed by atoms with Gasteiger partial charge >= 0.3 is 0 Å². The Balaban J connectivity index is 1.12. The fourth-order valence-electron chi connectivity index (χ4n) is 5.10. The summed E-state index contributed by atoms with van der Waals surface area (Å²) < 4.78 is 16.6. The first-order valence-electron chi connectivity index (χ1n) is 16.1. The van der Waals surface area contributed by atoms with E-state index in [0.29, 0.717) is 33.6 Å². The third kappa shape index (κ3) is 9.29. The topological polar surface area (TPSA) is 174 Å². The molecule has 0 radical (unpaired) electrons. The number of benzene rings is 4. The lowest BCUT2D eigenvalue weighted by Crippen LogP contribution is -2.44. The van der Waals surface area contributed by atoms with E-state index in [1.807, 2.05) is 36.4 Å². The maximum absolute atomic E-state index is 12.8. The lowest BCUT2D eigenvalue weighted by Gasteiger charge is -2.19. The third-order valence-corrected chi connectivity index (χ3v) is 7.88. The minimum atomic E-state index is -0.844. The third-order valence-electron chi connectivity index (χ3n) is 7.88. The summed E-state index contributed by atoms with van der Waals surface area (Å²) in [5.74, 6) is -1.13. The van der Waals surface area contributed by atoms with Gasteiger partial charge in [-0.1, -0.05) is 60.7 Å². The Morgan fingerprint density at radius 2 is 0.882 bits per heavy atom. The number of methoxy groups -OCH3 is 2. The van der Waals surface area contributed by atoms with E-state index in [9.17, 15) is 19.2 Å². The molecule has 4 unspecified atom stereocenters. The first kappa shape index (κ1) is 36.1. The van der Waals surface area contributed by atoms with Gasteiger partial charge in [-0.2, -0.15) is 0 Å². The summed E-state index contributed by atoms with van der Waals surface area (Å²) >= 11 is 0. The van der Waals surface area contributed by atoms with E-state index < -0.39 is 47.9 Å². The molecule has 5 aromatic rings.